The summed E-state index contributed by atoms with van der Waals surface area (Å²) in [6.07, 6.45) is 4.09. The van der Waals surface area contributed by atoms with E-state index in [9.17, 15) is 4.79 Å². The third-order valence-corrected chi connectivity index (χ3v) is 2.81. The lowest BCUT2D eigenvalue weighted by molar-refractivity contribution is -0.137. The number of carboxylic acid groups (broad SMARTS) is 1. The third kappa shape index (κ3) is 3.28. The second-order valence-corrected chi connectivity index (χ2v) is 4.36. The van der Waals surface area contributed by atoms with Crippen LogP contribution in [0.4, 0.5) is 5.82 Å². The monoisotopic (exact) mass is 272 g/mol. The van der Waals surface area contributed by atoms with Crippen LogP contribution in [0.2, 0.25) is 0 Å². The number of carbonyl (C=O) groups is 1. The number of carboxylic acids is 1. The minimum atomic E-state index is -0.924. The van der Waals surface area contributed by atoms with Gasteiger partial charge in [-0.1, -0.05) is 6.92 Å². The molecular weight excluding hydrogens is 256 g/mol. The van der Waals surface area contributed by atoms with Crippen molar-refractivity contribution in [3.05, 3.63) is 36.3 Å². The first-order chi connectivity index (χ1) is 9.60. The van der Waals surface area contributed by atoms with Gasteiger partial charge >= 0.3 is 5.97 Å². The lowest BCUT2D eigenvalue weighted by Gasteiger charge is -2.12. The van der Waals surface area contributed by atoms with E-state index in [1.54, 1.807) is 25.4 Å². The minimum absolute atomic E-state index is 0.513. The number of hydrogen-bond acceptors (Lipinski definition) is 5. The lowest BCUT2D eigenvalue weighted by Crippen LogP contribution is -2.26. The van der Waals surface area contributed by atoms with Crippen molar-refractivity contribution in [2.45, 2.75) is 26.3 Å². The molecule has 2 aromatic rings. The SMILES string of the molecule is CCc1cc(NC(C)C(=O)O)nc(-c2ccncc2)n1. The Morgan fingerprint density at radius 2 is 2.05 bits per heavy atom. The molecule has 0 aromatic carbocycles. The van der Waals surface area contributed by atoms with E-state index in [2.05, 4.69) is 20.3 Å². The maximum atomic E-state index is 10.9. The molecule has 0 aliphatic rings. The van der Waals surface area contributed by atoms with Crippen LogP contribution in [-0.4, -0.2) is 32.1 Å². The van der Waals surface area contributed by atoms with E-state index in [1.165, 1.54) is 0 Å². The van der Waals surface area contributed by atoms with Crippen LogP contribution in [0.3, 0.4) is 0 Å². The van der Waals surface area contributed by atoms with Crippen LogP contribution >= 0.6 is 0 Å². The molecule has 0 radical (unpaired) electrons. The molecule has 0 saturated carbocycles. The van der Waals surface area contributed by atoms with Gasteiger partial charge in [0.15, 0.2) is 5.82 Å². The van der Waals surface area contributed by atoms with Crippen molar-refractivity contribution >= 4 is 11.8 Å². The molecule has 1 unspecified atom stereocenters. The van der Waals surface area contributed by atoms with Gasteiger partial charge in [0, 0.05) is 29.7 Å². The predicted octanol–water partition coefficient (Wildman–Crippen LogP) is 1.99. The van der Waals surface area contributed by atoms with Crippen LogP contribution in [0, 0.1) is 0 Å². The van der Waals surface area contributed by atoms with E-state index < -0.39 is 12.0 Å². The van der Waals surface area contributed by atoms with E-state index in [4.69, 9.17) is 5.11 Å². The Bertz CT molecular complexity index is 601. The van der Waals surface area contributed by atoms with Gasteiger partial charge in [-0.3, -0.25) is 9.78 Å². The van der Waals surface area contributed by atoms with Gasteiger partial charge in [0.1, 0.15) is 11.9 Å². The van der Waals surface area contributed by atoms with Gasteiger partial charge in [0.05, 0.1) is 0 Å². The highest BCUT2D eigenvalue weighted by molar-refractivity contribution is 5.76. The summed E-state index contributed by atoms with van der Waals surface area (Å²) in [6, 6.07) is 4.70. The zero-order chi connectivity index (χ0) is 14.5. The summed E-state index contributed by atoms with van der Waals surface area (Å²) < 4.78 is 0. The molecular formula is C14H16N4O2. The molecule has 0 saturated heterocycles. The summed E-state index contributed by atoms with van der Waals surface area (Å²) >= 11 is 0. The molecule has 0 bridgehead atoms. The fourth-order valence-corrected chi connectivity index (χ4v) is 1.67. The van der Waals surface area contributed by atoms with Crippen LogP contribution in [-0.2, 0) is 11.2 Å². The Kier molecular flexibility index (Phi) is 4.24. The molecule has 20 heavy (non-hydrogen) atoms. The van der Waals surface area contributed by atoms with Crippen molar-refractivity contribution in [2.24, 2.45) is 0 Å². The van der Waals surface area contributed by atoms with Gasteiger partial charge < -0.3 is 10.4 Å². The first-order valence-corrected chi connectivity index (χ1v) is 6.38. The highest BCUT2D eigenvalue weighted by Crippen LogP contribution is 2.18. The van der Waals surface area contributed by atoms with Crippen LogP contribution in [0.15, 0.2) is 30.6 Å². The second-order valence-electron chi connectivity index (χ2n) is 4.36. The largest absolute Gasteiger partial charge is 0.480 e. The summed E-state index contributed by atoms with van der Waals surface area (Å²) in [6.45, 7) is 3.56. The van der Waals surface area contributed by atoms with Crippen molar-refractivity contribution in [1.29, 1.82) is 0 Å². The van der Waals surface area contributed by atoms with E-state index in [0.717, 1.165) is 17.7 Å². The highest BCUT2D eigenvalue weighted by atomic mass is 16.4. The Hall–Kier alpha value is -2.50. The summed E-state index contributed by atoms with van der Waals surface area (Å²) in [4.78, 5) is 23.7. The number of anilines is 1. The number of nitrogens with zero attached hydrogens (tertiary/aromatic N) is 3. The first kappa shape index (κ1) is 13.9. The Morgan fingerprint density at radius 1 is 1.35 bits per heavy atom. The molecule has 0 amide bonds. The maximum Gasteiger partial charge on any atom is 0.325 e. The molecule has 0 fully saturated rings. The van der Waals surface area contributed by atoms with Crippen molar-refractivity contribution in [2.75, 3.05) is 5.32 Å². The maximum absolute atomic E-state index is 10.9. The lowest BCUT2D eigenvalue weighted by atomic mass is 10.2. The quantitative estimate of drug-likeness (QED) is 0.865. The van der Waals surface area contributed by atoms with E-state index in [-0.39, 0.29) is 0 Å². The molecule has 104 valence electrons. The zero-order valence-electron chi connectivity index (χ0n) is 11.4. The molecule has 0 aliphatic heterocycles. The molecule has 6 nitrogen and oxygen atoms in total. The summed E-state index contributed by atoms with van der Waals surface area (Å²) in [5.41, 5.74) is 1.70. The van der Waals surface area contributed by atoms with Crippen molar-refractivity contribution in [1.82, 2.24) is 15.0 Å². The molecule has 0 aliphatic carbocycles. The smallest absolute Gasteiger partial charge is 0.325 e. The topological polar surface area (TPSA) is 88.0 Å². The third-order valence-electron chi connectivity index (χ3n) is 2.81. The normalized spacial score (nSPS) is 11.9. The zero-order valence-corrected chi connectivity index (χ0v) is 11.4. The Labute approximate surface area is 116 Å². The van der Waals surface area contributed by atoms with Crippen LogP contribution in [0.25, 0.3) is 11.4 Å². The summed E-state index contributed by atoms with van der Waals surface area (Å²) in [5, 5.41) is 11.8. The number of aliphatic carboxylic acids is 1. The van der Waals surface area contributed by atoms with E-state index in [1.807, 2.05) is 19.1 Å². The number of hydrogen-bond donors (Lipinski definition) is 2. The first-order valence-electron chi connectivity index (χ1n) is 6.38. The van der Waals surface area contributed by atoms with Crippen molar-refractivity contribution < 1.29 is 9.90 Å². The van der Waals surface area contributed by atoms with Crippen molar-refractivity contribution in [3.8, 4) is 11.4 Å². The molecule has 2 rings (SSSR count). The van der Waals surface area contributed by atoms with Gasteiger partial charge in [0.25, 0.3) is 0 Å². The van der Waals surface area contributed by atoms with Crippen LogP contribution in [0.5, 0.6) is 0 Å². The summed E-state index contributed by atoms with van der Waals surface area (Å²) in [5.74, 6) is 0.150. The molecule has 2 aromatic heterocycles. The van der Waals surface area contributed by atoms with E-state index >= 15 is 0 Å². The second kappa shape index (κ2) is 6.10. The highest BCUT2D eigenvalue weighted by Gasteiger charge is 2.13. The number of nitrogens with one attached hydrogen (secondary N) is 1. The minimum Gasteiger partial charge on any atom is -0.480 e. The number of aromatic nitrogens is 3. The summed E-state index contributed by atoms with van der Waals surface area (Å²) in [7, 11) is 0. The average molecular weight is 272 g/mol. The van der Waals surface area contributed by atoms with Gasteiger partial charge in [-0.15, -0.1) is 0 Å². The molecule has 1 atom stereocenters. The molecule has 0 spiro atoms. The standard InChI is InChI=1S/C14H16N4O2/c1-3-11-8-12(16-9(2)14(19)20)18-13(17-11)10-4-6-15-7-5-10/h4-9H,3H2,1-2H3,(H,19,20)(H,16,17,18). The number of aryl methyl sites for hydroxylation is 1. The van der Waals surface area contributed by atoms with Gasteiger partial charge in [-0.05, 0) is 25.5 Å². The van der Waals surface area contributed by atoms with Crippen LogP contribution < -0.4 is 5.32 Å². The number of rotatable bonds is 5. The Morgan fingerprint density at radius 3 is 2.65 bits per heavy atom. The fourth-order valence-electron chi connectivity index (χ4n) is 1.67. The predicted molar refractivity (Wildman–Crippen MR) is 75.4 cm³/mol. The number of pyridine rings is 1. The van der Waals surface area contributed by atoms with Crippen molar-refractivity contribution in [3.63, 3.8) is 0 Å². The fraction of sp³-hybridized carbons (Fsp3) is 0.286. The van der Waals surface area contributed by atoms with Crippen LogP contribution in [0.1, 0.15) is 19.5 Å². The van der Waals surface area contributed by atoms with Gasteiger partial charge in [-0.2, -0.15) is 0 Å². The Balaban J connectivity index is 2.36. The molecule has 6 heteroatoms. The van der Waals surface area contributed by atoms with Gasteiger partial charge in [-0.25, -0.2) is 9.97 Å². The van der Waals surface area contributed by atoms with Gasteiger partial charge in [0.2, 0.25) is 0 Å². The molecule has 2 N–H and O–H groups in total. The van der Waals surface area contributed by atoms with E-state index in [0.29, 0.717) is 11.6 Å². The molecule has 2 heterocycles. The average Bonchev–Trinajstić information content (AvgIpc) is 2.47.